The van der Waals surface area contributed by atoms with Crippen molar-refractivity contribution in [3.05, 3.63) is 58.1 Å². The number of phenols is 1. The third-order valence-electron chi connectivity index (χ3n) is 3.02. The van der Waals surface area contributed by atoms with Crippen LogP contribution in [0.25, 0.3) is 0 Å². The SMILES string of the molecule is COc1ccc(/C(C)=N\NC(=O)c2ccc(O)cc2)cc1Br. The highest BCUT2D eigenvalue weighted by Gasteiger charge is 2.06. The van der Waals surface area contributed by atoms with Crippen molar-refractivity contribution in [3.8, 4) is 11.5 Å². The molecule has 0 radical (unpaired) electrons. The molecule has 0 bridgehead atoms. The standard InChI is InChI=1S/C16H15BrN2O3/c1-10(12-5-8-15(22-2)14(17)9-12)18-19-16(21)11-3-6-13(20)7-4-11/h3-9,20H,1-2H3,(H,19,21)/b18-10-. The van der Waals surface area contributed by atoms with Crippen LogP contribution in [0.15, 0.2) is 52.0 Å². The summed E-state index contributed by atoms with van der Waals surface area (Å²) in [6, 6.07) is 11.5. The van der Waals surface area contributed by atoms with E-state index in [0.29, 0.717) is 11.3 Å². The van der Waals surface area contributed by atoms with E-state index in [4.69, 9.17) is 4.74 Å². The molecule has 114 valence electrons. The fraction of sp³-hybridized carbons (Fsp3) is 0.125. The molecule has 2 aromatic rings. The Morgan fingerprint density at radius 3 is 2.41 bits per heavy atom. The predicted molar refractivity (Wildman–Crippen MR) is 88.5 cm³/mol. The smallest absolute Gasteiger partial charge is 0.271 e. The van der Waals surface area contributed by atoms with Gasteiger partial charge in [-0.25, -0.2) is 5.43 Å². The number of ether oxygens (including phenoxy) is 1. The molecule has 0 aliphatic heterocycles. The first kappa shape index (κ1) is 16.0. The van der Waals surface area contributed by atoms with Crippen LogP contribution in [0, 0.1) is 0 Å². The topological polar surface area (TPSA) is 70.9 Å². The number of benzene rings is 2. The van der Waals surface area contributed by atoms with Crippen molar-refractivity contribution in [1.29, 1.82) is 0 Å². The first-order chi connectivity index (χ1) is 10.5. The second-order valence-electron chi connectivity index (χ2n) is 4.53. The second-order valence-corrected chi connectivity index (χ2v) is 5.39. The van der Waals surface area contributed by atoms with Crippen molar-refractivity contribution >= 4 is 27.5 Å². The van der Waals surface area contributed by atoms with E-state index in [9.17, 15) is 9.90 Å². The lowest BCUT2D eigenvalue weighted by atomic mass is 10.1. The number of carbonyl (C=O) groups excluding carboxylic acids is 1. The van der Waals surface area contributed by atoms with Gasteiger partial charge in [-0.3, -0.25) is 4.79 Å². The number of hydrogen-bond acceptors (Lipinski definition) is 4. The molecular formula is C16H15BrN2O3. The van der Waals surface area contributed by atoms with Crippen molar-refractivity contribution in [3.63, 3.8) is 0 Å². The lowest BCUT2D eigenvalue weighted by Crippen LogP contribution is -2.19. The number of phenolic OH excluding ortho intramolecular Hbond substituents is 1. The van der Waals surface area contributed by atoms with Crippen LogP contribution < -0.4 is 10.2 Å². The molecule has 0 aliphatic carbocycles. The van der Waals surface area contributed by atoms with Crippen LogP contribution in [0.2, 0.25) is 0 Å². The lowest BCUT2D eigenvalue weighted by molar-refractivity contribution is 0.0955. The van der Waals surface area contributed by atoms with Gasteiger partial charge in [-0.05, 0) is 70.9 Å². The molecule has 0 fully saturated rings. The van der Waals surface area contributed by atoms with Crippen LogP contribution in [0.3, 0.4) is 0 Å². The number of nitrogens with one attached hydrogen (secondary N) is 1. The quantitative estimate of drug-likeness (QED) is 0.647. The number of methoxy groups -OCH3 is 1. The van der Waals surface area contributed by atoms with E-state index in [1.54, 1.807) is 14.0 Å². The number of amides is 1. The van der Waals surface area contributed by atoms with Crippen molar-refractivity contribution in [1.82, 2.24) is 5.43 Å². The van der Waals surface area contributed by atoms with Gasteiger partial charge in [-0.2, -0.15) is 5.10 Å². The number of hydrogen-bond donors (Lipinski definition) is 2. The Morgan fingerprint density at radius 1 is 1.18 bits per heavy atom. The summed E-state index contributed by atoms with van der Waals surface area (Å²) in [5.74, 6) is 0.496. The summed E-state index contributed by atoms with van der Waals surface area (Å²) in [6.07, 6.45) is 0. The molecule has 2 aromatic carbocycles. The molecule has 0 atom stereocenters. The fourth-order valence-electron chi connectivity index (χ4n) is 1.77. The molecular weight excluding hydrogens is 348 g/mol. The van der Waals surface area contributed by atoms with Gasteiger partial charge in [-0.1, -0.05) is 0 Å². The average molecular weight is 363 g/mol. The maximum atomic E-state index is 11.9. The molecule has 0 saturated carbocycles. The summed E-state index contributed by atoms with van der Waals surface area (Å²) >= 11 is 3.41. The van der Waals surface area contributed by atoms with Crippen LogP contribution in [0.5, 0.6) is 11.5 Å². The molecule has 5 nitrogen and oxygen atoms in total. The predicted octanol–water partition coefficient (Wildman–Crippen LogP) is 3.32. The maximum absolute atomic E-state index is 11.9. The first-order valence-corrected chi connectivity index (χ1v) is 7.28. The number of hydrazone groups is 1. The minimum atomic E-state index is -0.341. The molecule has 0 aliphatic rings. The van der Waals surface area contributed by atoms with E-state index in [1.165, 1.54) is 24.3 Å². The lowest BCUT2D eigenvalue weighted by Gasteiger charge is -2.06. The third kappa shape index (κ3) is 3.85. The molecule has 1 amide bonds. The number of halogens is 1. The Labute approximate surface area is 136 Å². The highest BCUT2D eigenvalue weighted by Crippen LogP contribution is 2.25. The fourth-order valence-corrected chi connectivity index (χ4v) is 2.31. The number of carbonyl (C=O) groups is 1. The minimum absolute atomic E-state index is 0.110. The molecule has 0 saturated heterocycles. The van der Waals surface area contributed by atoms with Gasteiger partial charge >= 0.3 is 0 Å². The highest BCUT2D eigenvalue weighted by atomic mass is 79.9. The normalized spacial score (nSPS) is 11.1. The largest absolute Gasteiger partial charge is 0.508 e. The van der Waals surface area contributed by atoms with E-state index in [0.717, 1.165) is 15.8 Å². The molecule has 22 heavy (non-hydrogen) atoms. The van der Waals surface area contributed by atoms with Crippen LogP contribution in [-0.4, -0.2) is 23.8 Å². The summed E-state index contributed by atoms with van der Waals surface area (Å²) in [6.45, 7) is 1.80. The molecule has 0 spiro atoms. The first-order valence-electron chi connectivity index (χ1n) is 6.49. The summed E-state index contributed by atoms with van der Waals surface area (Å²) in [5, 5.41) is 13.3. The zero-order valence-electron chi connectivity index (χ0n) is 12.1. The zero-order chi connectivity index (χ0) is 16.1. The van der Waals surface area contributed by atoms with Crippen molar-refractivity contribution < 1.29 is 14.6 Å². The van der Waals surface area contributed by atoms with Gasteiger partial charge in [0.1, 0.15) is 11.5 Å². The second kappa shape index (κ2) is 7.09. The minimum Gasteiger partial charge on any atom is -0.508 e. The van der Waals surface area contributed by atoms with Crippen molar-refractivity contribution in [2.45, 2.75) is 6.92 Å². The Bertz CT molecular complexity index is 712. The van der Waals surface area contributed by atoms with E-state index >= 15 is 0 Å². The molecule has 0 unspecified atom stereocenters. The van der Waals surface area contributed by atoms with Crippen LogP contribution >= 0.6 is 15.9 Å². The summed E-state index contributed by atoms with van der Waals surface area (Å²) in [4.78, 5) is 11.9. The zero-order valence-corrected chi connectivity index (χ0v) is 13.7. The summed E-state index contributed by atoms with van der Waals surface area (Å²) in [7, 11) is 1.60. The van der Waals surface area contributed by atoms with E-state index in [-0.39, 0.29) is 11.7 Å². The van der Waals surface area contributed by atoms with Crippen molar-refractivity contribution in [2.75, 3.05) is 7.11 Å². The van der Waals surface area contributed by atoms with Gasteiger partial charge in [0.15, 0.2) is 0 Å². The number of rotatable bonds is 4. The number of nitrogens with zero attached hydrogens (tertiary/aromatic N) is 1. The van der Waals surface area contributed by atoms with Crippen LogP contribution in [0.1, 0.15) is 22.8 Å². The molecule has 6 heteroatoms. The average Bonchev–Trinajstić information content (AvgIpc) is 2.52. The Kier molecular flexibility index (Phi) is 5.16. The van der Waals surface area contributed by atoms with Gasteiger partial charge in [0, 0.05) is 5.56 Å². The van der Waals surface area contributed by atoms with E-state index in [2.05, 4.69) is 26.5 Å². The van der Waals surface area contributed by atoms with E-state index in [1.807, 2.05) is 18.2 Å². The van der Waals surface area contributed by atoms with Crippen LogP contribution in [-0.2, 0) is 0 Å². The highest BCUT2D eigenvalue weighted by molar-refractivity contribution is 9.10. The van der Waals surface area contributed by atoms with Gasteiger partial charge in [0.05, 0.1) is 17.3 Å². The maximum Gasteiger partial charge on any atom is 0.271 e. The number of aromatic hydroxyl groups is 1. The monoisotopic (exact) mass is 362 g/mol. The Balaban J connectivity index is 2.10. The molecule has 0 aromatic heterocycles. The summed E-state index contributed by atoms with van der Waals surface area (Å²) in [5.41, 5.74) is 4.43. The van der Waals surface area contributed by atoms with E-state index < -0.39 is 0 Å². The van der Waals surface area contributed by atoms with Gasteiger partial charge in [0.25, 0.3) is 5.91 Å². The Hall–Kier alpha value is -2.34. The van der Waals surface area contributed by atoms with Gasteiger partial charge in [0.2, 0.25) is 0 Å². The van der Waals surface area contributed by atoms with Crippen molar-refractivity contribution in [2.24, 2.45) is 5.10 Å². The van der Waals surface area contributed by atoms with Crippen LogP contribution in [0.4, 0.5) is 0 Å². The Morgan fingerprint density at radius 2 is 1.82 bits per heavy atom. The van der Waals surface area contributed by atoms with Gasteiger partial charge in [-0.15, -0.1) is 0 Å². The molecule has 2 rings (SSSR count). The third-order valence-corrected chi connectivity index (χ3v) is 3.64. The molecule has 2 N–H and O–H groups in total. The molecule has 0 heterocycles. The van der Waals surface area contributed by atoms with Gasteiger partial charge < -0.3 is 9.84 Å². The summed E-state index contributed by atoms with van der Waals surface area (Å²) < 4.78 is 5.98.